The molecule has 0 aromatic heterocycles. The summed E-state index contributed by atoms with van der Waals surface area (Å²) in [7, 11) is 0. The first-order valence-corrected chi connectivity index (χ1v) is 7.83. The van der Waals surface area contributed by atoms with Crippen LogP contribution in [0.1, 0.15) is 37.8 Å². The fourth-order valence-electron chi connectivity index (χ4n) is 3.65. The minimum Gasteiger partial charge on any atom is -0.378 e. The van der Waals surface area contributed by atoms with E-state index in [1.165, 1.54) is 5.56 Å². The number of hydrogen-bond donors (Lipinski definition) is 1. The number of ether oxygens (including phenoxy) is 2. The van der Waals surface area contributed by atoms with Gasteiger partial charge < -0.3 is 14.8 Å². The zero-order chi connectivity index (χ0) is 13.8. The Balaban J connectivity index is 1.77. The lowest BCUT2D eigenvalue weighted by Gasteiger charge is -2.40. The SMILES string of the molecule is CCNC(c1ccccc1)C1CCOC2(CCOC2)C1. The summed E-state index contributed by atoms with van der Waals surface area (Å²) in [5.74, 6) is 0.632. The molecule has 20 heavy (non-hydrogen) atoms. The quantitative estimate of drug-likeness (QED) is 0.916. The molecule has 2 aliphatic rings. The Hall–Kier alpha value is -0.900. The molecule has 1 N–H and O–H groups in total. The molecular formula is C17H25NO2. The van der Waals surface area contributed by atoms with E-state index in [-0.39, 0.29) is 5.60 Å². The molecule has 0 aliphatic carbocycles. The molecule has 0 saturated carbocycles. The zero-order valence-corrected chi connectivity index (χ0v) is 12.3. The van der Waals surface area contributed by atoms with Crippen LogP contribution in [-0.2, 0) is 9.47 Å². The topological polar surface area (TPSA) is 30.5 Å². The maximum Gasteiger partial charge on any atom is 0.0940 e. The molecule has 0 bridgehead atoms. The van der Waals surface area contributed by atoms with Gasteiger partial charge in [-0.3, -0.25) is 0 Å². The van der Waals surface area contributed by atoms with Crippen molar-refractivity contribution in [2.75, 3.05) is 26.4 Å². The maximum absolute atomic E-state index is 6.07. The van der Waals surface area contributed by atoms with Gasteiger partial charge in [-0.05, 0) is 30.9 Å². The van der Waals surface area contributed by atoms with Crippen LogP contribution >= 0.6 is 0 Å². The Kier molecular flexibility index (Phi) is 4.39. The van der Waals surface area contributed by atoms with Gasteiger partial charge in [-0.15, -0.1) is 0 Å². The van der Waals surface area contributed by atoms with E-state index in [2.05, 4.69) is 42.6 Å². The Morgan fingerprint density at radius 3 is 2.85 bits per heavy atom. The van der Waals surface area contributed by atoms with Crippen LogP contribution in [0.2, 0.25) is 0 Å². The largest absolute Gasteiger partial charge is 0.378 e. The van der Waals surface area contributed by atoms with E-state index in [9.17, 15) is 0 Å². The minimum atomic E-state index is -0.00856. The van der Waals surface area contributed by atoms with Crippen molar-refractivity contribution in [1.29, 1.82) is 0 Å². The van der Waals surface area contributed by atoms with E-state index in [4.69, 9.17) is 9.47 Å². The molecule has 2 aliphatic heterocycles. The second kappa shape index (κ2) is 6.25. The Labute approximate surface area is 121 Å². The molecule has 0 amide bonds. The third kappa shape index (κ3) is 2.90. The molecule has 2 saturated heterocycles. The van der Waals surface area contributed by atoms with E-state index in [0.29, 0.717) is 12.0 Å². The van der Waals surface area contributed by atoms with E-state index >= 15 is 0 Å². The van der Waals surface area contributed by atoms with Gasteiger partial charge in [-0.2, -0.15) is 0 Å². The van der Waals surface area contributed by atoms with Crippen molar-refractivity contribution >= 4 is 0 Å². The number of rotatable bonds is 4. The van der Waals surface area contributed by atoms with Gasteiger partial charge in [-0.1, -0.05) is 37.3 Å². The molecule has 3 unspecified atom stereocenters. The minimum absolute atomic E-state index is 0.00856. The van der Waals surface area contributed by atoms with E-state index < -0.39 is 0 Å². The molecule has 1 aromatic rings. The molecule has 3 rings (SSSR count). The summed E-state index contributed by atoms with van der Waals surface area (Å²) in [5, 5.41) is 3.68. The highest BCUT2D eigenvalue weighted by Gasteiger charge is 2.43. The van der Waals surface area contributed by atoms with E-state index in [0.717, 1.165) is 45.6 Å². The monoisotopic (exact) mass is 275 g/mol. The molecule has 1 aromatic carbocycles. The summed E-state index contributed by atoms with van der Waals surface area (Å²) in [6.45, 7) is 5.67. The molecule has 2 fully saturated rings. The average molecular weight is 275 g/mol. The molecule has 3 nitrogen and oxygen atoms in total. The zero-order valence-electron chi connectivity index (χ0n) is 12.3. The molecule has 2 heterocycles. The fourth-order valence-corrected chi connectivity index (χ4v) is 3.65. The first-order chi connectivity index (χ1) is 9.83. The van der Waals surface area contributed by atoms with Crippen molar-refractivity contribution in [2.24, 2.45) is 5.92 Å². The van der Waals surface area contributed by atoms with Gasteiger partial charge in [0.25, 0.3) is 0 Å². The Morgan fingerprint density at radius 1 is 1.30 bits per heavy atom. The average Bonchev–Trinajstić information content (AvgIpc) is 2.93. The summed E-state index contributed by atoms with van der Waals surface area (Å²) >= 11 is 0. The van der Waals surface area contributed by atoms with Gasteiger partial charge in [-0.25, -0.2) is 0 Å². The van der Waals surface area contributed by atoms with Gasteiger partial charge in [0, 0.05) is 25.7 Å². The van der Waals surface area contributed by atoms with Gasteiger partial charge in [0.15, 0.2) is 0 Å². The number of hydrogen-bond acceptors (Lipinski definition) is 3. The number of benzene rings is 1. The van der Waals surface area contributed by atoms with Gasteiger partial charge in [0.1, 0.15) is 0 Å². The highest BCUT2D eigenvalue weighted by molar-refractivity contribution is 5.20. The predicted molar refractivity (Wildman–Crippen MR) is 79.7 cm³/mol. The van der Waals surface area contributed by atoms with E-state index in [1.807, 2.05) is 0 Å². The van der Waals surface area contributed by atoms with Crippen LogP contribution in [0.5, 0.6) is 0 Å². The summed E-state index contributed by atoms with van der Waals surface area (Å²) < 4.78 is 11.7. The summed E-state index contributed by atoms with van der Waals surface area (Å²) in [4.78, 5) is 0. The van der Waals surface area contributed by atoms with Crippen LogP contribution in [0, 0.1) is 5.92 Å². The van der Waals surface area contributed by atoms with Crippen molar-refractivity contribution in [3.8, 4) is 0 Å². The summed E-state index contributed by atoms with van der Waals surface area (Å²) in [6.07, 6.45) is 3.30. The first-order valence-electron chi connectivity index (χ1n) is 7.83. The normalized spacial score (nSPS) is 31.6. The lowest BCUT2D eigenvalue weighted by molar-refractivity contribution is -0.103. The van der Waals surface area contributed by atoms with Crippen LogP contribution in [0.25, 0.3) is 0 Å². The highest BCUT2D eigenvalue weighted by atomic mass is 16.6. The second-order valence-corrected chi connectivity index (χ2v) is 6.03. The predicted octanol–water partition coefficient (Wildman–Crippen LogP) is 2.92. The van der Waals surface area contributed by atoms with Crippen molar-refractivity contribution in [3.05, 3.63) is 35.9 Å². The third-order valence-corrected chi connectivity index (χ3v) is 4.65. The molecule has 0 radical (unpaired) electrons. The molecular weight excluding hydrogens is 250 g/mol. The fraction of sp³-hybridized carbons (Fsp3) is 0.647. The lowest BCUT2D eigenvalue weighted by atomic mass is 9.79. The number of nitrogens with one attached hydrogen (secondary N) is 1. The standard InChI is InChI=1S/C17H25NO2/c1-2-18-16(14-6-4-3-5-7-14)15-8-10-20-17(12-15)9-11-19-13-17/h3-7,15-16,18H,2,8-13H2,1H3. The van der Waals surface area contributed by atoms with Crippen LogP contribution in [0.3, 0.4) is 0 Å². The van der Waals surface area contributed by atoms with Crippen molar-refractivity contribution in [3.63, 3.8) is 0 Å². The van der Waals surface area contributed by atoms with E-state index in [1.54, 1.807) is 0 Å². The smallest absolute Gasteiger partial charge is 0.0940 e. The molecule has 1 spiro atoms. The van der Waals surface area contributed by atoms with Crippen LogP contribution in [-0.4, -0.2) is 32.0 Å². The molecule has 3 atom stereocenters. The maximum atomic E-state index is 6.07. The Bertz CT molecular complexity index is 414. The second-order valence-electron chi connectivity index (χ2n) is 6.03. The molecule has 110 valence electrons. The highest BCUT2D eigenvalue weighted by Crippen LogP contribution is 2.40. The van der Waals surface area contributed by atoms with Gasteiger partial charge in [0.05, 0.1) is 12.2 Å². The third-order valence-electron chi connectivity index (χ3n) is 4.65. The van der Waals surface area contributed by atoms with Crippen molar-refractivity contribution < 1.29 is 9.47 Å². The Morgan fingerprint density at radius 2 is 2.15 bits per heavy atom. The van der Waals surface area contributed by atoms with Crippen molar-refractivity contribution in [1.82, 2.24) is 5.32 Å². The van der Waals surface area contributed by atoms with Gasteiger partial charge >= 0.3 is 0 Å². The van der Waals surface area contributed by atoms with Crippen LogP contribution < -0.4 is 5.32 Å². The van der Waals surface area contributed by atoms with Crippen LogP contribution in [0.4, 0.5) is 0 Å². The summed E-state index contributed by atoms with van der Waals surface area (Å²) in [5.41, 5.74) is 1.39. The first kappa shape index (κ1) is 14.1. The molecule has 3 heteroatoms. The van der Waals surface area contributed by atoms with Crippen LogP contribution in [0.15, 0.2) is 30.3 Å². The summed E-state index contributed by atoms with van der Waals surface area (Å²) in [6, 6.07) is 11.3. The van der Waals surface area contributed by atoms with Crippen molar-refractivity contribution in [2.45, 2.75) is 37.8 Å². The van der Waals surface area contributed by atoms with Gasteiger partial charge in [0.2, 0.25) is 0 Å². The lowest BCUT2D eigenvalue weighted by Crippen LogP contribution is -2.44.